The average molecular weight is 341 g/mol. The van der Waals surface area contributed by atoms with E-state index in [1.807, 2.05) is 6.07 Å². The largest absolute Gasteiger partial charge is 0.508 e. The number of benzene rings is 1. The standard InChI is InChI=1S/C23H32O2/c1-3-6-16-13-19-15(14-21(16)24)9-10-18-17(19)11-12-23(4-2)20(18)7-5-8-22(23)25/h13-14,17-18,20,24H,3-12H2,1-2H3/t17-,18+,20-,23-/m0/s1. The Hall–Kier alpha value is -1.31. The second-order valence-electron chi connectivity index (χ2n) is 8.71. The molecule has 4 atom stereocenters. The van der Waals surface area contributed by atoms with Crippen LogP contribution in [0.3, 0.4) is 0 Å². The van der Waals surface area contributed by atoms with Gasteiger partial charge in [-0.2, -0.15) is 0 Å². The van der Waals surface area contributed by atoms with Crippen molar-refractivity contribution >= 4 is 5.78 Å². The van der Waals surface area contributed by atoms with E-state index in [1.165, 1.54) is 24.0 Å². The fourth-order valence-corrected chi connectivity index (χ4v) is 6.54. The molecule has 0 unspecified atom stereocenters. The van der Waals surface area contributed by atoms with Gasteiger partial charge >= 0.3 is 0 Å². The molecule has 2 heteroatoms. The van der Waals surface area contributed by atoms with Gasteiger partial charge in [0.2, 0.25) is 0 Å². The first-order valence-corrected chi connectivity index (χ1v) is 10.5. The lowest BCUT2D eigenvalue weighted by Crippen LogP contribution is -2.50. The van der Waals surface area contributed by atoms with Crippen LogP contribution in [0.5, 0.6) is 5.75 Å². The van der Waals surface area contributed by atoms with E-state index in [0.29, 0.717) is 29.3 Å². The molecule has 0 heterocycles. The van der Waals surface area contributed by atoms with Gasteiger partial charge in [0.1, 0.15) is 11.5 Å². The third kappa shape index (κ3) is 2.55. The Morgan fingerprint density at radius 3 is 2.76 bits per heavy atom. The maximum Gasteiger partial charge on any atom is 0.139 e. The molecular weight excluding hydrogens is 308 g/mol. The Bertz CT molecular complexity index is 677. The highest BCUT2D eigenvalue weighted by Gasteiger charge is 2.54. The molecule has 0 radical (unpaired) electrons. The summed E-state index contributed by atoms with van der Waals surface area (Å²) < 4.78 is 0. The lowest BCUT2D eigenvalue weighted by molar-refractivity contribution is -0.142. The minimum Gasteiger partial charge on any atom is -0.508 e. The number of aromatic hydroxyl groups is 1. The maximum atomic E-state index is 12.9. The SMILES string of the molecule is CCCc1cc2c(cc1O)CC[C@@H]1[C@@H]2CC[C@]2(CC)C(=O)CCC[C@@H]12. The van der Waals surface area contributed by atoms with Gasteiger partial charge in [-0.1, -0.05) is 26.3 Å². The van der Waals surface area contributed by atoms with E-state index in [0.717, 1.165) is 56.9 Å². The van der Waals surface area contributed by atoms with Gasteiger partial charge in [-0.3, -0.25) is 4.79 Å². The summed E-state index contributed by atoms with van der Waals surface area (Å²) in [5.41, 5.74) is 3.97. The number of hydrogen-bond acceptors (Lipinski definition) is 2. The van der Waals surface area contributed by atoms with Crippen molar-refractivity contribution in [1.82, 2.24) is 0 Å². The molecule has 0 spiro atoms. The highest BCUT2D eigenvalue weighted by atomic mass is 16.3. The van der Waals surface area contributed by atoms with E-state index in [-0.39, 0.29) is 5.41 Å². The Labute approximate surface area is 152 Å². The highest BCUT2D eigenvalue weighted by molar-refractivity contribution is 5.86. The van der Waals surface area contributed by atoms with Gasteiger partial charge in [0.25, 0.3) is 0 Å². The fraction of sp³-hybridized carbons (Fsp3) is 0.696. The Morgan fingerprint density at radius 2 is 2.00 bits per heavy atom. The van der Waals surface area contributed by atoms with Crippen LogP contribution in [0.15, 0.2) is 12.1 Å². The predicted molar refractivity (Wildman–Crippen MR) is 101 cm³/mol. The van der Waals surface area contributed by atoms with Crippen LogP contribution in [0.25, 0.3) is 0 Å². The van der Waals surface area contributed by atoms with E-state index in [2.05, 4.69) is 19.9 Å². The maximum absolute atomic E-state index is 12.9. The molecule has 3 aliphatic rings. The average Bonchev–Trinajstić information content (AvgIpc) is 2.62. The molecule has 0 saturated heterocycles. The smallest absolute Gasteiger partial charge is 0.139 e. The number of Topliss-reactive ketones (excluding diaryl/α,β-unsaturated/α-hetero) is 1. The lowest BCUT2D eigenvalue weighted by atomic mass is 9.49. The van der Waals surface area contributed by atoms with Gasteiger partial charge in [-0.05, 0) is 91.9 Å². The van der Waals surface area contributed by atoms with E-state index in [4.69, 9.17) is 0 Å². The Balaban J connectivity index is 1.71. The molecule has 0 aliphatic heterocycles. The van der Waals surface area contributed by atoms with Gasteiger partial charge in [0, 0.05) is 11.8 Å². The van der Waals surface area contributed by atoms with E-state index in [9.17, 15) is 9.90 Å². The van der Waals surface area contributed by atoms with E-state index < -0.39 is 0 Å². The van der Waals surface area contributed by atoms with E-state index in [1.54, 1.807) is 0 Å². The first-order chi connectivity index (χ1) is 12.1. The molecule has 0 bridgehead atoms. The number of hydrogen-bond donors (Lipinski definition) is 1. The molecule has 25 heavy (non-hydrogen) atoms. The molecule has 136 valence electrons. The second-order valence-corrected chi connectivity index (χ2v) is 8.71. The van der Waals surface area contributed by atoms with Crippen LogP contribution in [-0.4, -0.2) is 10.9 Å². The van der Waals surface area contributed by atoms with Crippen molar-refractivity contribution in [3.63, 3.8) is 0 Å². The number of carbonyl (C=O) groups is 1. The Morgan fingerprint density at radius 1 is 1.16 bits per heavy atom. The summed E-state index contributed by atoms with van der Waals surface area (Å²) in [6, 6.07) is 4.36. The zero-order valence-electron chi connectivity index (χ0n) is 15.8. The predicted octanol–water partition coefficient (Wildman–Crippen LogP) is 5.55. The van der Waals surface area contributed by atoms with Crippen molar-refractivity contribution in [3.8, 4) is 5.75 Å². The number of carbonyl (C=O) groups excluding carboxylic acids is 1. The van der Waals surface area contributed by atoms with Crippen LogP contribution < -0.4 is 0 Å². The number of ketones is 1. The van der Waals surface area contributed by atoms with Crippen LogP contribution in [0.1, 0.15) is 87.8 Å². The second kappa shape index (κ2) is 6.45. The topological polar surface area (TPSA) is 37.3 Å². The highest BCUT2D eigenvalue weighted by Crippen LogP contribution is 2.60. The molecule has 1 aromatic carbocycles. The molecule has 0 aromatic heterocycles. The van der Waals surface area contributed by atoms with Crippen molar-refractivity contribution in [2.24, 2.45) is 17.3 Å². The van der Waals surface area contributed by atoms with Crippen molar-refractivity contribution < 1.29 is 9.90 Å². The van der Waals surface area contributed by atoms with Crippen molar-refractivity contribution in [3.05, 3.63) is 28.8 Å². The van der Waals surface area contributed by atoms with Crippen LogP contribution >= 0.6 is 0 Å². The minimum absolute atomic E-state index is 0.0138. The zero-order valence-corrected chi connectivity index (χ0v) is 15.8. The quantitative estimate of drug-likeness (QED) is 0.783. The molecule has 2 fully saturated rings. The first kappa shape index (κ1) is 17.1. The number of rotatable bonds is 3. The van der Waals surface area contributed by atoms with Crippen molar-refractivity contribution in [2.45, 2.75) is 84.0 Å². The van der Waals surface area contributed by atoms with E-state index >= 15 is 0 Å². The molecule has 3 aliphatic carbocycles. The number of fused-ring (bicyclic) bond motifs is 5. The van der Waals surface area contributed by atoms with Gasteiger partial charge in [0.15, 0.2) is 0 Å². The van der Waals surface area contributed by atoms with Gasteiger partial charge < -0.3 is 5.11 Å². The molecule has 2 saturated carbocycles. The van der Waals surface area contributed by atoms with Crippen LogP contribution in [0.2, 0.25) is 0 Å². The lowest BCUT2D eigenvalue weighted by Gasteiger charge is -2.54. The third-order valence-electron chi connectivity index (χ3n) is 7.76. The van der Waals surface area contributed by atoms with Gasteiger partial charge in [0.05, 0.1) is 0 Å². The molecule has 2 nitrogen and oxygen atoms in total. The summed E-state index contributed by atoms with van der Waals surface area (Å²) in [6.07, 6.45) is 10.7. The van der Waals surface area contributed by atoms with Gasteiger partial charge in [-0.15, -0.1) is 0 Å². The summed E-state index contributed by atoms with van der Waals surface area (Å²) in [7, 11) is 0. The summed E-state index contributed by atoms with van der Waals surface area (Å²) in [6.45, 7) is 4.41. The molecule has 0 amide bonds. The van der Waals surface area contributed by atoms with Crippen LogP contribution in [-0.2, 0) is 17.6 Å². The summed E-state index contributed by atoms with van der Waals surface area (Å²) >= 11 is 0. The number of aryl methyl sites for hydroxylation is 2. The third-order valence-corrected chi connectivity index (χ3v) is 7.76. The summed E-state index contributed by atoms with van der Waals surface area (Å²) in [5, 5.41) is 10.4. The van der Waals surface area contributed by atoms with Gasteiger partial charge in [-0.25, -0.2) is 0 Å². The normalized spacial score (nSPS) is 34.2. The summed E-state index contributed by atoms with van der Waals surface area (Å²) in [5.74, 6) is 2.92. The fourth-order valence-electron chi connectivity index (χ4n) is 6.54. The number of phenolic OH excluding ortho intramolecular Hbond substituents is 1. The summed E-state index contributed by atoms with van der Waals surface area (Å²) in [4.78, 5) is 12.9. The molecule has 1 N–H and O–H groups in total. The minimum atomic E-state index is -0.0138. The molecule has 1 aromatic rings. The van der Waals surface area contributed by atoms with Crippen LogP contribution in [0.4, 0.5) is 0 Å². The Kier molecular flexibility index (Phi) is 4.42. The molecule has 4 rings (SSSR count). The number of phenols is 1. The van der Waals surface area contributed by atoms with Crippen molar-refractivity contribution in [1.29, 1.82) is 0 Å². The monoisotopic (exact) mass is 340 g/mol. The zero-order chi connectivity index (χ0) is 17.6. The first-order valence-electron chi connectivity index (χ1n) is 10.5. The van der Waals surface area contributed by atoms with Crippen molar-refractivity contribution in [2.75, 3.05) is 0 Å². The molecular formula is C23H32O2. The van der Waals surface area contributed by atoms with Crippen LogP contribution in [0, 0.1) is 17.3 Å².